The Kier molecular flexibility index (Phi) is 4.16. The molecule has 0 atom stereocenters. The van der Waals surface area contributed by atoms with Gasteiger partial charge in [0.25, 0.3) is 5.91 Å². The van der Waals surface area contributed by atoms with E-state index in [-0.39, 0.29) is 12.5 Å². The Bertz CT molecular complexity index is 863. The van der Waals surface area contributed by atoms with Crippen LogP contribution in [0.1, 0.15) is 16.1 Å². The van der Waals surface area contributed by atoms with Crippen LogP contribution in [-0.2, 0) is 7.05 Å². The maximum absolute atomic E-state index is 12.0. The van der Waals surface area contributed by atoms with Crippen LogP contribution >= 0.6 is 15.9 Å². The van der Waals surface area contributed by atoms with Crippen LogP contribution in [0.25, 0.3) is 0 Å². The summed E-state index contributed by atoms with van der Waals surface area (Å²) in [6, 6.07) is 3.40. The van der Waals surface area contributed by atoms with E-state index in [2.05, 4.69) is 31.6 Å². The molecule has 1 aromatic carbocycles. The summed E-state index contributed by atoms with van der Waals surface area (Å²) in [5.74, 6) is 0.383. The van der Waals surface area contributed by atoms with Crippen molar-refractivity contribution in [1.82, 2.24) is 15.2 Å². The van der Waals surface area contributed by atoms with Crippen LogP contribution in [-0.4, -0.2) is 33.6 Å². The lowest BCUT2D eigenvalue weighted by Gasteiger charge is -2.01. The number of amides is 1. The Morgan fingerprint density at radius 2 is 2.21 bits per heavy atom. The van der Waals surface area contributed by atoms with E-state index in [4.69, 9.17) is 9.47 Å². The quantitative estimate of drug-likeness (QED) is 0.476. The molecule has 0 aliphatic carbocycles. The second-order valence-electron chi connectivity index (χ2n) is 4.72. The van der Waals surface area contributed by atoms with Gasteiger partial charge >= 0.3 is 5.69 Å². The molecule has 11 heteroatoms. The van der Waals surface area contributed by atoms with Gasteiger partial charge in [0.15, 0.2) is 11.5 Å². The third kappa shape index (κ3) is 3.06. The van der Waals surface area contributed by atoms with Gasteiger partial charge in [0.2, 0.25) is 12.5 Å². The minimum atomic E-state index is -0.782. The van der Waals surface area contributed by atoms with E-state index >= 15 is 0 Å². The molecule has 0 spiro atoms. The first-order valence-corrected chi connectivity index (χ1v) is 7.35. The van der Waals surface area contributed by atoms with Crippen molar-refractivity contribution < 1.29 is 19.2 Å². The van der Waals surface area contributed by atoms with Gasteiger partial charge in [0, 0.05) is 17.1 Å². The highest BCUT2D eigenvalue weighted by molar-refractivity contribution is 9.10. The zero-order valence-corrected chi connectivity index (χ0v) is 13.8. The number of nitrogens with one attached hydrogen (secondary N) is 1. The molecule has 1 amide bonds. The van der Waals surface area contributed by atoms with Crippen molar-refractivity contribution in [3.63, 3.8) is 0 Å². The number of hydrogen-bond acceptors (Lipinski definition) is 7. The van der Waals surface area contributed by atoms with Crippen LogP contribution in [0, 0.1) is 10.1 Å². The van der Waals surface area contributed by atoms with Crippen molar-refractivity contribution in [3.05, 3.63) is 44.2 Å². The summed E-state index contributed by atoms with van der Waals surface area (Å²) in [6.45, 7) is 0.141. The van der Waals surface area contributed by atoms with E-state index in [9.17, 15) is 14.9 Å². The first-order valence-electron chi connectivity index (χ1n) is 6.56. The van der Waals surface area contributed by atoms with Gasteiger partial charge in [-0.15, -0.1) is 0 Å². The fraction of sp³-hybridized carbons (Fsp3) is 0.154. The highest BCUT2D eigenvalue weighted by Gasteiger charge is 2.24. The van der Waals surface area contributed by atoms with Crippen molar-refractivity contribution in [2.45, 2.75) is 0 Å². The van der Waals surface area contributed by atoms with E-state index in [1.807, 2.05) is 0 Å². The van der Waals surface area contributed by atoms with Crippen molar-refractivity contribution in [2.75, 3.05) is 6.79 Å². The monoisotopic (exact) mass is 395 g/mol. The van der Waals surface area contributed by atoms with Gasteiger partial charge in [-0.1, -0.05) is 0 Å². The third-order valence-electron chi connectivity index (χ3n) is 3.08. The van der Waals surface area contributed by atoms with Crippen molar-refractivity contribution in [1.29, 1.82) is 0 Å². The van der Waals surface area contributed by atoms with Crippen LogP contribution in [0.15, 0.2) is 27.9 Å². The number of carbonyl (C=O) groups is 1. The topological polar surface area (TPSA) is 121 Å². The SMILES string of the molecule is Cn1cc([N+](=O)[O-])c(C(=O)N/N=C/c2cc3c(cc2Br)OCO3)n1. The normalized spacial score (nSPS) is 12.6. The summed E-state index contributed by atoms with van der Waals surface area (Å²) in [5, 5.41) is 18.4. The number of benzene rings is 1. The number of nitrogens with zero attached hydrogens (tertiary/aromatic N) is 4. The molecule has 0 fully saturated rings. The van der Waals surface area contributed by atoms with E-state index in [0.29, 0.717) is 21.5 Å². The van der Waals surface area contributed by atoms with Gasteiger partial charge in [-0.3, -0.25) is 19.6 Å². The number of rotatable bonds is 4. The predicted molar refractivity (Wildman–Crippen MR) is 85.2 cm³/mol. The molecule has 0 unspecified atom stereocenters. The summed E-state index contributed by atoms with van der Waals surface area (Å²) in [6.07, 6.45) is 2.52. The molecular weight excluding hydrogens is 386 g/mol. The largest absolute Gasteiger partial charge is 0.454 e. The summed E-state index contributed by atoms with van der Waals surface area (Å²) >= 11 is 3.35. The Hall–Kier alpha value is -2.95. The second-order valence-corrected chi connectivity index (χ2v) is 5.57. The molecule has 2 aromatic rings. The molecule has 0 saturated heterocycles. The highest BCUT2D eigenvalue weighted by Crippen LogP contribution is 2.36. The van der Waals surface area contributed by atoms with Gasteiger partial charge in [0.1, 0.15) is 6.20 Å². The van der Waals surface area contributed by atoms with Gasteiger partial charge in [0.05, 0.1) is 11.1 Å². The first-order chi connectivity index (χ1) is 11.5. The van der Waals surface area contributed by atoms with E-state index in [0.717, 1.165) is 6.20 Å². The van der Waals surface area contributed by atoms with E-state index < -0.39 is 16.5 Å². The first kappa shape index (κ1) is 15.9. The van der Waals surface area contributed by atoms with Crippen LogP contribution in [0.5, 0.6) is 11.5 Å². The average molecular weight is 396 g/mol. The molecule has 0 radical (unpaired) electrons. The van der Waals surface area contributed by atoms with Crippen molar-refractivity contribution in [3.8, 4) is 11.5 Å². The molecule has 24 heavy (non-hydrogen) atoms. The van der Waals surface area contributed by atoms with Crippen molar-refractivity contribution in [2.24, 2.45) is 12.1 Å². The van der Waals surface area contributed by atoms with Gasteiger partial charge in [-0.25, -0.2) is 5.43 Å². The minimum Gasteiger partial charge on any atom is -0.454 e. The second kappa shape index (κ2) is 6.28. The summed E-state index contributed by atoms with van der Waals surface area (Å²) in [5.41, 5.74) is 2.13. The molecule has 1 aliphatic rings. The molecule has 124 valence electrons. The lowest BCUT2D eigenvalue weighted by Crippen LogP contribution is -2.19. The summed E-state index contributed by atoms with van der Waals surface area (Å²) in [7, 11) is 1.48. The maximum atomic E-state index is 12.0. The Balaban J connectivity index is 1.75. The van der Waals surface area contributed by atoms with Crippen molar-refractivity contribution >= 4 is 33.7 Å². The minimum absolute atomic E-state index is 0.141. The number of halogens is 1. The molecule has 0 saturated carbocycles. The number of nitro groups is 1. The van der Waals surface area contributed by atoms with Crippen LogP contribution in [0.3, 0.4) is 0 Å². The standard InChI is InChI=1S/C13H10BrN5O5/c1-18-5-9(19(21)22)12(17-18)13(20)16-15-4-7-2-10-11(3-8(7)14)24-6-23-10/h2-5H,6H2,1H3,(H,16,20)/b15-4+. The zero-order chi connectivity index (χ0) is 17.3. The fourth-order valence-corrected chi connectivity index (χ4v) is 2.44. The Labute approximate surface area is 143 Å². The Morgan fingerprint density at radius 1 is 1.50 bits per heavy atom. The van der Waals surface area contributed by atoms with E-state index in [1.165, 1.54) is 17.9 Å². The van der Waals surface area contributed by atoms with Crippen LogP contribution in [0.4, 0.5) is 5.69 Å². The lowest BCUT2D eigenvalue weighted by atomic mass is 10.2. The number of aryl methyl sites for hydroxylation is 1. The molecule has 1 aromatic heterocycles. The molecular formula is C13H10BrN5O5. The van der Waals surface area contributed by atoms with Gasteiger partial charge in [-0.05, 0) is 28.1 Å². The molecule has 2 heterocycles. The molecule has 0 bridgehead atoms. The average Bonchev–Trinajstić information content (AvgIpc) is 3.13. The number of carbonyl (C=O) groups excluding carboxylic acids is 1. The number of hydrazone groups is 1. The lowest BCUT2D eigenvalue weighted by molar-refractivity contribution is -0.385. The fourth-order valence-electron chi connectivity index (χ4n) is 2.02. The third-order valence-corrected chi connectivity index (χ3v) is 3.77. The van der Waals surface area contributed by atoms with E-state index in [1.54, 1.807) is 12.1 Å². The number of hydrogen-bond donors (Lipinski definition) is 1. The summed E-state index contributed by atoms with van der Waals surface area (Å²) < 4.78 is 12.4. The molecule has 3 rings (SSSR count). The highest BCUT2D eigenvalue weighted by atomic mass is 79.9. The number of fused-ring (bicyclic) bond motifs is 1. The molecule has 10 nitrogen and oxygen atoms in total. The number of ether oxygens (including phenoxy) is 2. The summed E-state index contributed by atoms with van der Waals surface area (Å²) in [4.78, 5) is 22.2. The smallest absolute Gasteiger partial charge is 0.320 e. The van der Waals surface area contributed by atoms with Gasteiger partial charge < -0.3 is 9.47 Å². The van der Waals surface area contributed by atoms with Gasteiger partial charge in [-0.2, -0.15) is 10.2 Å². The Morgan fingerprint density at radius 3 is 2.92 bits per heavy atom. The number of aromatic nitrogens is 2. The zero-order valence-electron chi connectivity index (χ0n) is 12.2. The van der Waals surface area contributed by atoms with Crippen LogP contribution < -0.4 is 14.9 Å². The molecule has 1 N–H and O–H groups in total. The van der Waals surface area contributed by atoms with Crippen LogP contribution in [0.2, 0.25) is 0 Å². The predicted octanol–water partition coefficient (Wildman–Crippen LogP) is 1.58. The maximum Gasteiger partial charge on any atom is 0.320 e. The molecule has 1 aliphatic heterocycles.